The number of nitrogens with zero attached hydrogens (tertiary/aromatic N) is 1. The zero-order chi connectivity index (χ0) is 17.8. The quantitative estimate of drug-likeness (QED) is 0.877. The molecule has 0 bridgehead atoms. The maximum absolute atomic E-state index is 12.6. The molecular formula is C19H27N3O3. The first-order valence-electron chi connectivity index (χ1n) is 9.09. The predicted octanol–water partition coefficient (Wildman–Crippen LogP) is 1.87. The van der Waals surface area contributed by atoms with Crippen molar-refractivity contribution in [3.63, 3.8) is 0 Å². The Bertz CT molecular complexity index is 601. The second-order valence-electron chi connectivity index (χ2n) is 7.08. The summed E-state index contributed by atoms with van der Waals surface area (Å²) in [6, 6.07) is 7.16. The monoisotopic (exact) mass is 345 g/mol. The minimum absolute atomic E-state index is 0.0105. The number of carbonyl (C=O) groups excluding carboxylic acids is 2. The van der Waals surface area contributed by atoms with E-state index in [1.54, 1.807) is 24.3 Å². The molecule has 0 spiro atoms. The van der Waals surface area contributed by atoms with Crippen molar-refractivity contribution in [3.05, 3.63) is 29.8 Å². The maximum atomic E-state index is 12.6. The number of ether oxygens (including phenoxy) is 1. The Kier molecular flexibility index (Phi) is 5.71. The van der Waals surface area contributed by atoms with Crippen molar-refractivity contribution >= 4 is 17.5 Å². The summed E-state index contributed by atoms with van der Waals surface area (Å²) < 4.78 is 5.68. The summed E-state index contributed by atoms with van der Waals surface area (Å²) in [6.07, 6.45) is 2.05. The van der Waals surface area contributed by atoms with E-state index >= 15 is 0 Å². The molecule has 6 nitrogen and oxygen atoms in total. The Hall–Kier alpha value is -1.92. The molecule has 2 aliphatic rings. The van der Waals surface area contributed by atoms with E-state index in [0.29, 0.717) is 18.7 Å². The molecule has 3 unspecified atom stereocenters. The summed E-state index contributed by atoms with van der Waals surface area (Å²) in [7, 11) is 0. The highest BCUT2D eigenvalue weighted by atomic mass is 16.5. The lowest BCUT2D eigenvalue weighted by Gasteiger charge is -2.35. The van der Waals surface area contributed by atoms with Crippen molar-refractivity contribution < 1.29 is 14.3 Å². The first kappa shape index (κ1) is 17.9. The Labute approximate surface area is 148 Å². The molecule has 136 valence electrons. The van der Waals surface area contributed by atoms with Crippen LogP contribution in [0.15, 0.2) is 24.3 Å². The van der Waals surface area contributed by atoms with Crippen LogP contribution < -0.4 is 10.6 Å². The summed E-state index contributed by atoms with van der Waals surface area (Å²) in [4.78, 5) is 26.7. The highest BCUT2D eigenvalue weighted by Crippen LogP contribution is 2.18. The highest BCUT2D eigenvalue weighted by Gasteiger charge is 2.26. The van der Waals surface area contributed by atoms with Crippen LogP contribution in [0.5, 0.6) is 0 Å². The number of amides is 2. The van der Waals surface area contributed by atoms with Crippen LogP contribution in [0.3, 0.4) is 0 Å². The number of benzene rings is 1. The number of piperidine rings is 1. The van der Waals surface area contributed by atoms with Gasteiger partial charge in [-0.25, -0.2) is 0 Å². The summed E-state index contributed by atoms with van der Waals surface area (Å²) >= 11 is 0. The molecule has 2 N–H and O–H groups in total. The number of rotatable bonds is 3. The lowest BCUT2D eigenvalue weighted by molar-refractivity contribution is -0.120. The van der Waals surface area contributed by atoms with E-state index in [0.717, 1.165) is 31.6 Å². The molecule has 3 rings (SSSR count). The van der Waals surface area contributed by atoms with Gasteiger partial charge in [0.05, 0.1) is 18.1 Å². The van der Waals surface area contributed by atoms with Crippen LogP contribution in [0.1, 0.15) is 37.0 Å². The standard InChI is InChI=1S/C19H27N3O3/c1-13-11-22(12-14(2)25-13)19(24)15-5-7-17(8-6-15)21-18(23)16-4-3-9-20-10-16/h5-8,13-14,16,20H,3-4,9-12H2,1-2H3,(H,21,23). The van der Waals surface area contributed by atoms with Crippen LogP contribution in [0.2, 0.25) is 0 Å². The third kappa shape index (κ3) is 4.58. The van der Waals surface area contributed by atoms with Gasteiger partial charge >= 0.3 is 0 Å². The van der Waals surface area contributed by atoms with Crippen molar-refractivity contribution in [2.45, 2.75) is 38.9 Å². The lowest BCUT2D eigenvalue weighted by Crippen LogP contribution is -2.48. The minimum atomic E-state index is 0.0105. The average Bonchev–Trinajstić information content (AvgIpc) is 2.61. The van der Waals surface area contributed by atoms with E-state index in [2.05, 4.69) is 10.6 Å². The maximum Gasteiger partial charge on any atom is 0.254 e. The van der Waals surface area contributed by atoms with Crippen molar-refractivity contribution in [2.75, 3.05) is 31.5 Å². The number of hydrogen-bond acceptors (Lipinski definition) is 4. The van der Waals surface area contributed by atoms with Crippen LogP contribution in [-0.4, -0.2) is 55.1 Å². The molecule has 2 amide bonds. The SMILES string of the molecule is CC1CN(C(=O)c2ccc(NC(=O)C3CCCNC3)cc2)CC(C)O1. The molecule has 6 heteroatoms. The van der Waals surface area contributed by atoms with E-state index in [1.165, 1.54) is 0 Å². The number of hydrogen-bond donors (Lipinski definition) is 2. The molecular weight excluding hydrogens is 318 g/mol. The van der Waals surface area contributed by atoms with Crippen molar-refractivity contribution in [1.82, 2.24) is 10.2 Å². The number of morpholine rings is 1. The summed E-state index contributed by atoms with van der Waals surface area (Å²) in [6.45, 7) is 6.89. The fraction of sp³-hybridized carbons (Fsp3) is 0.579. The molecule has 2 fully saturated rings. The zero-order valence-corrected chi connectivity index (χ0v) is 15.0. The molecule has 1 aromatic rings. The molecule has 3 atom stereocenters. The molecule has 2 aliphatic heterocycles. The minimum Gasteiger partial charge on any atom is -0.372 e. The fourth-order valence-corrected chi connectivity index (χ4v) is 3.54. The first-order valence-corrected chi connectivity index (χ1v) is 9.09. The van der Waals surface area contributed by atoms with Gasteiger partial charge in [-0.15, -0.1) is 0 Å². The third-order valence-corrected chi connectivity index (χ3v) is 4.77. The summed E-state index contributed by atoms with van der Waals surface area (Å²) in [5, 5.41) is 6.20. The third-order valence-electron chi connectivity index (χ3n) is 4.77. The average molecular weight is 345 g/mol. The van der Waals surface area contributed by atoms with Crippen molar-refractivity contribution in [2.24, 2.45) is 5.92 Å². The number of nitrogens with one attached hydrogen (secondary N) is 2. The molecule has 0 saturated carbocycles. The molecule has 1 aromatic carbocycles. The highest BCUT2D eigenvalue weighted by molar-refractivity contribution is 5.96. The van der Waals surface area contributed by atoms with Gasteiger partial charge in [-0.05, 0) is 57.5 Å². The van der Waals surface area contributed by atoms with Gasteiger partial charge in [0.2, 0.25) is 5.91 Å². The first-order chi connectivity index (χ1) is 12.0. The van der Waals surface area contributed by atoms with Gasteiger partial charge in [-0.3, -0.25) is 9.59 Å². The van der Waals surface area contributed by atoms with Gasteiger partial charge in [0.15, 0.2) is 0 Å². The zero-order valence-electron chi connectivity index (χ0n) is 15.0. The Morgan fingerprint density at radius 2 is 1.84 bits per heavy atom. The van der Waals surface area contributed by atoms with E-state index in [1.807, 2.05) is 18.7 Å². The molecule has 2 heterocycles. The smallest absolute Gasteiger partial charge is 0.254 e. The number of carbonyl (C=O) groups is 2. The second kappa shape index (κ2) is 7.97. The fourth-order valence-electron chi connectivity index (χ4n) is 3.54. The lowest BCUT2D eigenvalue weighted by atomic mass is 9.99. The van der Waals surface area contributed by atoms with Gasteiger partial charge < -0.3 is 20.3 Å². The van der Waals surface area contributed by atoms with Crippen molar-refractivity contribution in [3.8, 4) is 0 Å². The van der Waals surface area contributed by atoms with Gasteiger partial charge in [0, 0.05) is 30.9 Å². The molecule has 2 saturated heterocycles. The van der Waals surface area contributed by atoms with E-state index < -0.39 is 0 Å². The van der Waals surface area contributed by atoms with Crippen LogP contribution >= 0.6 is 0 Å². The van der Waals surface area contributed by atoms with Gasteiger partial charge in [-0.2, -0.15) is 0 Å². The molecule has 0 radical (unpaired) electrons. The largest absolute Gasteiger partial charge is 0.372 e. The number of anilines is 1. The van der Waals surface area contributed by atoms with Crippen LogP contribution in [0.25, 0.3) is 0 Å². The van der Waals surface area contributed by atoms with Crippen molar-refractivity contribution in [1.29, 1.82) is 0 Å². The Morgan fingerprint density at radius 3 is 2.44 bits per heavy atom. The topological polar surface area (TPSA) is 70.7 Å². The Morgan fingerprint density at radius 1 is 1.16 bits per heavy atom. The molecule has 0 aliphatic carbocycles. The summed E-state index contributed by atoms with van der Waals surface area (Å²) in [5.41, 5.74) is 1.37. The van der Waals surface area contributed by atoms with E-state index in [4.69, 9.17) is 4.74 Å². The summed E-state index contributed by atoms with van der Waals surface area (Å²) in [5.74, 6) is 0.0739. The van der Waals surface area contributed by atoms with Crippen LogP contribution in [-0.2, 0) is 9.53 Å². The predicted molar refractivity (Wildman–Crippen MR) is 96.6 cm³/mol. The molecule has 0 aromatic heterocycles. The Balaban J connectivity index is 1.59. The van der Waals surface area contributed by atoms with E-state index in [9.17, 15) is 9.59 Å². The van der Waals surface area contributed by atoms with Gasteiger partial charge in [0.25, 0.3) is 5.91 Å². The molecule has 25 heavy (non-hydrogen) atoms. The second-order valence-corrected chi connectivity index (χ2v) is 7.08. The van der Waals surface area contributed by atoms with E-state index in [-0.39, 0.29) is 29.9 Å². The normalized spacial score (nSPS) is 27.0. The van der Waals surface area contributed by atoms with Crippen LogP contribution in [0, 0.1) is 5.92 Å². The van der Waals surface area contributed by atoms with Crippen LogP contribution in [0.4, 0.5) is 5.69 Å². The van der Waals surface area contributed by atoms with Gasteiger partial charge in [0.1, 0.15) is 0 Å². The van der Waals surface area contributed by atoms with Gasteiger partial charge in [-0.1, -0.05) is 0 Å².